The van der Waals surface area contributed by atoms with Crippen molar-refractivity contribution in [3.05, 3.63) is 11.4 Å². The minimum atomic E-state index is -0.630. The molecule has 1 aromatic rings. The van der Waals surface area contributed by atoms with Gasteiger partial charge in [0.1, 0.15) is 6.54 Å². The fourth-order valence-electron chi connectivity index (χ4n) is 2.22. The summed E-state index contributed by atoms with van der Waals surface area (Å²) in [6.45, 7) is 0.543. The van der Waals surface area contributed by atoms with Crippen LogP contribution in [0.15, 0.2) is 0 Å². The van der Waals surface area contributed by atoms with Gasteiger partial charge in [-0.25, -0.2) is 9.48 Å². The number of aromatic nitrogens is 3. The third-order valence-corrected chi connectivity index (χ3v) is 3.26. The molecule has 1 aliphatic heterocycles. The Morgan fingerprint density at radius 3 is 2.76 bits per heavy atom. The minimum absolute atomic E-state index is 0.0449. The van der Waals surface area contributed by atoms with Crippen molar-refractivity contribution in [2.45, 2.75) is 25.8 Å². The zero-order valence-electron chi connectivity index (χ0n) is 11.7. The molecule has 2 rings (SSSR count). The lowest BCUT2D eigenvalue weighted by molar-refractivity contribution is -0.142. The summed E-state index contributed by atoms with van der Waals surface area (Å²) in [6, 6.07) is 0. The second kappa shape index (κ2) is 6.44. The van der Waals surface area contributed by atoms with Gasteiger partial charge in [-0.3, -0.25) is 14.5 Å². The van der Waals surface area contributed by atoms with Gasteiger partial charge in [-0.1, -0.05) is 5.21 Å². The van der Waals surface area contributed by atoms with Crippen LogP contribution in [-0.2, 0) is 27.3 Å². The van der Waals surface area contributed by atoms with Crippen LogP contribution in [-0.4, -0.2) is 57.9 Å². The summed E-state index contributed by atoms with van der Waals surface area (Å²) in [5, 5.41) is 7.52. The summed E-state index contributed by atoms with van der Waals surface area (Å²) in [5.41, 5.74) is 5.98. The van der Waals surface area contributed by atoms with E-state index in [-0.39, 0.29) is 30.6 Å². The Hall–Kier alpha value is -2.29. The molecule has 1 fully saturated rings. The number of esters is 1. The van der Waals surface area contributed by atoms with Gasteiger partial charge < -0.3 is 10.5 Å². The Morgan fingerprint density at radius 2 is 2.19 bits per heavy atom. The molecule has 0 saturated carbocycles. The first-order chi connectivity index (χ1) is 10.1. The van der Waals surface area contributed by atoms with Gasteiger partial charge in [0.05, 0.1) is 12.8 Å². The Morgan fingerprint density at radius 1 is 1.43 bits per heavy atom. The first-order valence-electron chi connectivity index (χ1n) is 6.62. The number of nitrogens with zero attached hydrogens (tertiary/aromatic N) is 4. The fourth-order valence-corrected chi connectivity index (χ4v) is 2.22. The monoisotopic (exact) mass is 295 g/mol. The third-order valence-electron chi connectivity index (χ3n) is 3.26. The van der Waals surface area contributed by atoms with E-state index in [9.17, 15) is 14.4 Å². The number of nitrogens with two attached hydrogens (primary N) is 1. The maximum Gasteiger partial charge on any atom is 0.360 e. The molecule has 0 aliphatic carbocycles. The zero-order valence-corrected chi connectivity index (χ0v) is 11.7. The van der Waals surface area contributed by atoms with E-state index in [1.165, 1.54) is 16.7 Å². The number of ether oxygens (including phenoxy) is 1. The van der Waals surface area contributed by atoms with Gasteiger partial charge in [-0.2, -0.15) is 0 Å². The van der Waals surface area contributed by atoms with Crippen LogP contribution < -0.4 is 5.73 Å². The Kier molecular flexibility index (Phi) is 4.63. The van der Waals surface area contributed by atoms with Gasteiger partial charge in [-0.15, -0.1) is 5.10 Å². The highest BCUT2D eigenvalue weighted by molar-refractivity contribution is 5.96. The fraction of sp³-hybridized carbons (Fsp3) is 0.583. The molecule has 1 aliphatic rings. The van der Waals surface area contributed by atoms with Gasteiger partial charge in [0.15, 0.2) is 5.69 Å². The average Bonchev–Trinajstić information content (AvgIpc) is 3.06. The molecule has 0 spiro atoms. The lowest BCUT2D eigenvalue weighted by Crippen LogP contribution is -2.35. The third kappa shape index (κ3) is 3.07. The van der Waals surface area contributed by atoms with Gasteiger partial charge in [-0.05, 0) is 13.0 Å². The van der Waals surface area contributed by atoms with E-state index in [1.807, 2.05) is 0 Å². The van der Waals surface area contributed by atoms with Crippen LogP contribution in [0.4, 0.5) is 0 Å². The van der Waals surface area contributed by atoms with Crippen molar-refractivity contribution in [3.63, 3.8) is 0 Å². The lowest BCUT2D eigenvalue weighted by atomic mass is 10.2. The Bertz CT molecular complexity index is 568. The topological polar surface area (TPSA) is 120 Å². The van der Waals surface area contributed by atoms with E-state index < -0.39 is 5.97 Å². The maximum absolute atomic E-state index is 12.1. The molecule has 1 aromatic heterocycles. The number of hydrogen-bond donors (Lipinski definition) is 1. The second-order valence-corrected chi connectivity index (χ2v) is 4.62. The number of carbonyl (C=O) groups is 3. The van der Waals surface area contributed by atoms with E-state index in [0.29, 0.717) is 31.5 Å². The van der Waals surface area contributed by atoms with Crippen molar-refractivity contribution in [2.24, 2.45) is 5.73 Å². The van der Waals surface area contributed by atoms with E-state index in [2.05, 4.69) is 15.0 Å². The van der Waals surface area contributed by atoms with Crippen molar-refractivity contribution in [2.75, 3.05) is 20.2 Å². The SMILES string of the molecule is COC(=O)c1nnn(CC(=O)N2CCCC2=O)c1CCN. The number of likely N-dealkylation sites (tertiary alicyclic amines) is 1. The highest BCUT2D eigenvalue weighted by Gasteiger charge is 2.28. The van der Waals surface area contributed by atoms with Gasteiger partial charge >= 0.3 is 5.97 Å². The van der Waals surface area contributed by atoms with Gasteiger partial charge in [0.25, 0.3) is 5.91 Å². The van der Waals surface area contributed by atoms with E-state index in [4.69, 9.17) is 5.73 Å². The Balaban J connectivity index is 2.19. The predicted molar refractivity (Wildman–Crippen MR) is 70.1 cm³/mol. The number of methoxy groups -OCH3 is 1. The smallest absolute Gasteiger partial charge is 0.360 e. The molecule has 2 heterocycles. The molecule has 9 heteroatoms. The van der Waals surface area contributed by atoms with E-state index in [1.54, 1.807) is 0 Å². The summed E-state index contributed by atoms with van der Waals surface area (Å²) >= 11 is 0. The second-order valence-electron chi connectivity index (χ2n) is 4.62. The van der Waals surface area contributed by atoms with E-state index in [0.717, 1.165) is 0 Å². The molecule has 2 N–H and O–H groups in total. The van der Waals surface area contributed by atoms with Crippen molar-refractivity contribution < 1.29 is 19.1 Å². The summed E-state index contributed by atoms with van der Waals surface area (Å²) in [4.78, 5) is 36.4. The van der Waals surface area contributed by atoms with Crippen molar-refractivity contribution in [1.29, 1.82) is 0 Å². The van der Waals surface area contributed by atoms with Crippen LogP contribution in [0.5, 0.6) is 0 Å². The van der Waals surface area contributed by atoms with Crippen LogP contribution in [0.25, 0.3) is 0 Å². The standard InChI is InChI=1S/C12H17N5O4/c1-21-12(20)11-8(4-5-13)17(15-14-11)7-10(19)16-6-2-3-9(16)18/h2-7,13H2,1H3. The Labute approximate surface area is 121 Å². The first-order valence-corrected chi connectivity index (χ1v) is 6.62. The molecule has 9 nitrogen and oxygen atoms in total. The molecule has 2 amide bonds. The quantitative estimate of drug-likeness (QED) is 0.671. The number of amides is 2. The maximum atomic E-state index is 12.1. The van der Waals surface area contributed by atoms with Crippen LogP contribution >= 0.6 is 0 Å². The van der Waals surface area contributed by atoms with Crippen LogP contribution in [0.3, 0.4) is 0 Å². The van der Waals surface area contributed by atoms with Crippen molar-refractivity contribution in [3.8, 4) is 0 Å². The molecule has 0 aromatic carbocycles. The average molecular weight is 295 g/mol. The first kappa shape index (κ1) is 15.1. The molecule has 0 radical (unpaired) electrons. The number of imide groups is 1. The van der Waals surface area contributed by atoms with Gasteiger partial charge in [0.2, 0.25) is 5.91 Å². The summed E-state index contributed by atoms with van der Waals surface area (Å²) in [7, 11) is 1.24. The minimum Gasteiger partial charge on any atom is -0.464 e. The molecule has 21 heavy (non-hydrogen) atoms. The molecule has 0 atom stereocenters. The molecule has 114 valence electrons. The normalized spacial score (nSPS) is 14.6. The predicted octanol–water partition coefficient (Wildman–Crippen LogP) is -1.29. The largest absolute Gasteiger partial charge is 0.464 e. The highest BCUT2D eigenvalue weighted by atomic mass is 16.5. The molecule has 0 unspecified atom stereocenters. The van der Waals surface area contributed by atoms with E-state index >= 15 is 0 Å². The molecule has 1 saturated heterocycles. The molecular formula is C12H17N5O4. The van der Waals surface area contributed by atoms with Crippen molar-refractivity contribution >= 4 is 17.8 Å². The molecular weight excluding hydrogens is 278 g/mol. The summed E-state index contributed by atoms with van der Waals surface area (Å²) in [6.07, 6.45) is 1.38. The van der Waals surface area contributed by atoms with Crippen LogP contribution in [0, 0.1) is 0 Å². The number of hydrogen-bond acceptors (Lipinski definition) is 7. The van der Waals surface area contributed by atoms with Crippen LogP contribution in [0.2, 0.25) is 0 Å². The lowest BCUT2D eigenvalue weighted by Gasteiger charge is -2.14. The summed E-state index contributed by atoms with van der Waals surface area (Å²) < 4.78 is 5.91. The van der Waals surface area contributed by atoms with Crippen LogP contribution in [0.1, 0.15) is 29.0 Å². The van der Waals surface area contributed by atoms with Gasteiger partial charge in [0, 0.05) is 19.4 Å². The number of rotatable bonds is 5. The zero-order chi connectivity index (χ0) is 15.4. The summed E-state index contributed by atoms with van der Waals surface area (Å²) in [5.74, 6) is -1.18. The number of carbonyl (C=O) groups excluding carboxylic acids is 3. The van der Waals surface area contributed by atoms with Crippen molar-refractivity contribution in [1.82, 2.24) is 19.9 Å². The highest BCUT2D eigenvalue weighted by Crippen LogP contribution is 2.12. The molecule has 0 bridgehead atoms.